The Hall–Kier alpha value is -3.40. The van der Waals surface area contributed by atoms with E-state index in [1.807, 2.05) is 29.8 Å². The SMILES string of the molecule is Cc1cccc2c(=O)[nH]c(COC(=O)Cn3nnc(-c4ccsc4)n3)nc12. The summed E-state index contributed by atoms with van der Waals surface area (Å²) in [5.41, 5.74) is 2.03. The van der Waals surface area contributed by atoms with Gasteiger partial charge in [-0.15, -0.1) is 10.2 Å². The summed E-state index contributed by atoms with van der Waals surface area (Å²) < 4.78 is 5.18. The topological polar surface area (TPSA) is 116 Å². The molecule has 4 rings (SSSR count). The second-order valence-corrected chi connectivity index (χ2v) is 6.58. The molecule has 1 aromatic carbocycles. The first-order valence-electron chi connectivity index (χ1n) is 8.04. The van der Waals surface area contributed by atoms with Gasteiger partial charge in [-0.3, -0.25) is 4.79 Å². The smallest absolute Gasteiger partial charge is 0.330 e. The molecule has 0 atom stereocenters. The van der Waals surface area contributed by atoms with E-state index in [1.54, 1.807) is 12.1 Å². The van der Waals surface area contributed by atoms with Gasteiger partial charge in [0.1, 0.15) is 12.4 Å². The molecule has 0 spiro atoms. The predicted molar refractivity (Wildman–Crippen MR) is 98.0 cm³/mol. The summed E-state index contributed by atoms with van der Waals surface area (Å²) in [7, 11) is 0. The monoisotopic (exact) mass is 382 g/mol. The fourth-order valence-electron chi connectivity index (χ4n) is 2.55. The molecule has 10 heteroatoms. The maximum atomic E-state index is 12.1. The van der Waals surface area contributed by atoms with Crippen molar-refractivity contribution >= 4 is 28.2 Å². The number of nitrogens with one attached hydrogen (secondary N) is 1. The summed E-state index contributed by atoms with van der Waals surface area (Å²) in [6.07, 6.45) is 0. The van der Waals surface area contributed by atoms with Crippen LogP contribution in [0.15, 0.2) is 39.8 Å². The van der Waals surface area contributed by atoms with E-state index in [4.69, 9.17) is 4.74 Å². The second-order valence-electron chi connectivity index (χ2n) is 5.80. The number of hydrogen-bond acceptors (Lipinski definition) is 8. The molecule has 136 valence electrons. The molecule has 3 heterocycles. The number of carbonyl (C=O) groups excluding carboxylic acids is 1. The zero-order valence-corrected chi connectivity index (χ0v) is 15.1. The Labute approximate surface area is 156 Å². The van der Waals surface area contributed by atoms with Crippen LogP contribution in [0.3, 0.4) is 0 Å². The molecule has 0 saturated heterocycles. The van der Waals surface area contributed by atoms with E-state index in [0.29, 0.717) is 16.7 Å². The lowest BCUT2D eigenvalue weighted by Crippen LogP contribution is -2.18. The first kappa shape index (κ1) is 17.0. The van der Waals surface area contributed by atoms with Crippen LogP contribution in [0.4, 0.5) is 0 Å². The molecule has 0 aliphatic carbocycles. The molecule has 0 amide bonds. The van der Waals surface area contributed by atoms with Gasteiger partial charge in [0.25, 0.3) is 5.56 Å². The van der Waals surface area contributed by atoms with Crippen LogP contribution < -0.4 is 5.56 Å². The van der Waals surface area contributed by atoms with Crippen LogP contribution in [0.1, 0.15) is 11.4 Å². The zero-order valence-electron chi connectivity index (χ0n) is 14.2. The number of aryl methyl sites for hydroxylation is 1. The van der Waals surface area contributed by atoms with Crippen molar-refractivity contribution in [2.75, 3.05) is 0 Å². The molecule has 9 nitrogen and oxygen atoms in total. The molecule has 1 N–H and O–H groups in total. The summed E-state index contributed by atoms with van der Waals surface area (Å²) >= 11 is 1.52. The van der Waals surface area contributed by atoms with Crippen LogP contribution in [0.25, 0.3) is 22.3 Å². The number of aromatic amines is 1. The average molecular weight is 382 g/mol. The molecule has 3 aromatic heterocycles. The quantitative estimate of drug-likeness (QED) is 0.522. The van der Waals surface area contributed by atoms with Crippen LogP contribution in [0.5, 0.6) is 0 Å². The van der Waals surface area contributed by atoms with Gasteiger partial charge in [0.2, 0.25) is 5.82 Å². The molecule has 0 bridgehead atoms. The Morgan fingerprint density at radius 1 is 1.33 bits per heavy atom. The summed E-state index contributed by atoms with van der Waals surface area (Å²) in [4.78, 5) is 32.3. The van der Waals surface area contributed by atoms with Crippen LogP contribution in [-0.2, 0) is 22.7 Å². The molecule has 0 fully saturated rings. The number of rotatable bonds is 5. The largest absolute Gasteiger partial charge is 0.456 e. The first-order chi connectivity index (χ1) is 13.1. The third kappa shape index (κ3) is 3.60. The highest BCUT2D eigenvalue weighted by Gasteiger charge is 2.12. The van der Waals surface area contributed by atoms with Crippen molar-refractivity contribution in [3.63, 3.8) is 0 Å². The molecule has 0 saturated carbocycles. The van der Waals surface area contributed by atoms with E-state index < -0.39 is 5.97 Å². The van der Waals surface area contributed by atoms with Crippen LogP contribution >= 0.6 is 11.3 Å². The van der Waals surface area contributed by atoms with Crippen molar-refractivity contribution in [2.45, 2.75) is 20.1 Å². The van der Waals surface area contributed by atoms with E-state index in [-0.39, 0.29) is 24.5 Å². The first-order valence-corrected chi connectivity index (χ1v) is 8.99. The minimum absolute atomic E-state index is 0.148. The number of esters is 1. The van der Waals surface area contributed by atoms with Crippen LogP contribution in [0, 0.1) is 6.92 Å². The van der Waals surface area contributed by atoms with Crippen LogP contribution in [0.2, 0.25) is 0 Å². The van der Waals surface area contributed by atoms with Gasteiger partial charge in [-0.1, -0.05) is 12.1 Å². The van der Waals surface area contributed by atoms with Gasteiger partial charge < -0.3 is 9.72 Å². The molecule has 0 radical (unpaired) electrons. The number of tetrazole rings is 1. The highest BCUT2D eigenvalue weighted by molar-refractivity contribution is 7.08. The lowest BCUT2D eigenvalue weighted by atomic mass is 10.1. The Kier molecular flexibility index (Phi) is 4.47. The normalized spacial score (nSPS) is 11.0. The van der Waals surface area contributed by atoms with Gasteiger partial charge in [-0.05, 0) is 35.2 Å². The minimum atomic E-state index is -0.559. The van der Waals surface area contributed by atoms with Gasteiger partial charge >= 0.3 is 5.97 Å². The molecule has 27 heavy (non-hydrogen) atoms. The van der Waals surface area contributed by atoms with E-state index in [1.165, 1.54) is 11.3 Å². The summed E-state index contributed by atoms with van der Waals surface area (Å²) in [6, 6.07) is 7.23. The maximum absolute atomic E-state index is 12.1. The number of hydrogen-bond donors (Lipinski definition) is 1. The average Bonchev–Trinajstić information content (AvgIpc) is 3.32. The summed E-state index contributed by atoms with van der Waals surface area (Å²) in [5.74, 6) is 0.164. The Morgan fingerprint density at radius 2 is 2.22 bits per heavy atom. The van der Waals surface area contributed by atoms with Crippen molar-refractivity contribution in [3.8, 4) is 11.4 Å². The zero-order chi connectivity index (χ0) is 18.8. The fraction of sp³-hybridized carbons (Fsp3) is 0.176. The standard InChI is InChI=1S/C17H14N6O3S/c1-10-3-2-4-12-15(10)18-13(19-17(12)25)8-26-14(24)7-23-21-16(20-22-23)11-5-6-27-9-11/h2-6,9H,7-8H2,1H3,(H,18,19,25). The Balaban J connectivity index is 1.43. The van der Waals surface area contributed by atoms with E-state index in [9.17, 15) is 9.59 Å². The van der Waals surface area contributed by atoms with Crippen molar-refractivity contribution in [2.24, 2.45) is 0 Å². The number of nitrogens with zero attached hydrogens (tertiary/aromatic N) is 5. The number of H-pyrrole nitrogens is 1. The fourth-order valence-corrected chi connectivity index (χ4v) is 3.18. The molecule has 4 aromatic rings. The highest BCUT2D eigenvalue weighted by Crippen LogP contribution is 2.16. The van der Waals surface area contributed by atoms with Crippen LogP contribution in [-0.4, -0.2) is 36.1 Å². The highest BCUT2D eigenvalue weighted by atomic mass is 32.1. The number of carbonyl (C=O) groups is 1. The van der Waals surface area contributed by atoms with Crippen molar-refractivity contribution in [1.29, 1.82) is 0 Å². The van der Waals surface area contributed by atoms with Gasteiger partial charge in [0.15, 0.2) is 6.54 Å². The van der Waals surface area contributed by atoms with Crippen molar-refractivity contribution in [1.82, 2.24) is 30.2 Å². The third-order valence-corrected chi connectivity index (χ3v) is 4.54. The molecule has 0 unspecified atom stereocenters. The van der Waals surface area contributed by atoms with Crippen molar-refractivity contribution < 1.29 is 9.53 Å². The van der Waals surface area contributed by atoms with E-state index in [0.717, 1.165) is 15.9 Å². The molecular weight excluding hydrogens is 368 g/mol. The number of ether oxygens (including phenoxy) is 1. The minimum Gasteiger partial charge on any atom is -0.456 e. The number of thiophene rings is 1. The molecular formula is C17H14N6O3S. The summed E-state index contributed by atoms with van der Waals surface area (Å²) in [5, 5.41) is 16.2. The number of para-hydroxylation sites is 1. The molecule has 0 aliphatic heterocycles. The Bertz CT molecular complexity index is 1170. The maximum Gasteiger partial charge on any atom is 0.330 e. The number of benzene rings is 1. The Morgan fingerprint density at radius 3 is 3.04 bits per heavy atom. The molecule has 0 aliphatic rings. The number of fused-ring (bicyclic) bond motifs is 1. The van der Waals surface area contributed by atoms with Gasteiger partial charge in [-0.25, -0.2) is 9.78 Å². The lowest BCUT2D eigenvalue weighted by Gasteiger charge is -2.06. The van der Waals surface area contributed by atoms with Crippen molar-refractivity contribution in [3.05, 3.63) is 56.8 Å². The second kappa shape index (κ2) is 7.08. The third-order valence-electron chi connectivity index (χ3n) is 3.86. The van der Waals surface area contributed by atoms with Gasteiger partial charge in [-0.2, -0.15) is 16.1 Å². The summed E-state index contributed by atoms with van der Waals surface area (Å²) in [6.45, 7) is 1.53. The van der Waals surface area contributed by atoms with Gasteiger partial charge in [0.05, 0.1) is 10.9 Å². The van der Waals surface area contributed by atoms with Gasteiger partial charge in [0, 0.05) is 10.9 Å². The predicted octanol–water partition coefficient (Wildman–Crippen LogP) is 1.69. The van der Waals surface area contributed by atoms with E-state index >= 15 is 0 Å². The van der Waals surface area contributed by atoms with E-state index in [2.05, 4.69) is 25.4 Å². The lowest BCUT2D eigenvalue weighted by molar-refractivity contribution is -0.146. The number of aromatic nitrogens is 6.